The Hall–Kier alpha value is -2.88. The quantitative estimate of drug-likeness (QED) is 0.0448. The number of amides is 2. The van der Waals surface area contributed by atoms with Crippen molar-refractivity contribution in [3.05, 3.63) is 0 Å². The van der Waals surface area contributed by atoms with Gasteiger partial charge >= 0.3 is 5.97 Å². The second-order valence-corrected chi connectivity index (χ2v) is 16.5. The van der Waals surface area contributed by atoms with Crippen molar-refractivity contribution in [2.75, 3.05) is 33.0 Å². The van der Waals surface area contributed by atoms with Crippen molar-refractivity contribution in [3.8, 4) is 0 Å². The number of carbonyl (C=O) groups is 4. The van der Waals surface area contributed by atoms with Gasteiger partial charge in [-0.05, 0) is 0 Å². The molecule has 0 bridgehead atoms. The molecule has 0 aromatic heterocycles. The molecular formula is C37H62N2O29. The van der Waals surface area contributed by atoms with Crippen molar-refractivity contribution in [3.63, 3.8) is 0 Å². The summed E-state index contributed by atoms with van der Waals surface area (Å²) in [6.07, 6.45) is -47.8. The van der Waals surface area contributed by atoms with Crippen LogP contribution >= 0.6 is 0 Å². The number of aliphatic hydroxyl groups excluding tert-OH is 16. The van der Waals surface area contributed by atoms with Crippen LogP contribution in [0.1, 0.15) is 20.3 Å². The molecule has 4 saturated heterocycles. The highest BCUT2D eigenvalue weighted by Gasteiger charge is 2.61. The fourth-order valence-electron chi connectivity index (χ4n) is 8.08. The van der Waals surface area contributed by atoms with Gasteiger partial charge in [0.05, 0.1) is 45.2 Å². The lowest BCUT2D eigenvalue weighted by atomic mass is 9.88. The number of aliphatic carboxylic acids is 1. The maximum Gasteiger partial charge on any atom is 0.364 e. The van der Waals surface area contributed by atoms with Crippen molar-refractivity contribution in [1.29, 1.82) is 0 Å². The van der Waals surface area contributed by atoms with Crippen LogP contribution in [0.5, 0.6) is 0 Å². The average molecular weight is 999 g/mol. The van der Waals surface area contributed by atoms with Crippen LogP contribution in [-0.2, 0) is 57.1 Å². The van der Waals surface area contributed by atoms with E-state index in [9.17, 15) is 106 Å². The summed E-state index contributed by atoms with van der Waals surface area (Å²) >= 11 is 0. The van der Waals surface area contributed by atoms with Crippen LogP contribution in [0.3, 0.4) is 0 Å². The van der Waals surface area contributed by atoms with Crippen molar-refractivity contribution < 1.29 is 144 Å². The summed E-state index contributed by atoms with van der Waals surface area (Å²) in [7, 11) is 0. The smallest absolute Gasteiger partial charge is 0.364 e. The summed E-state index contributed by atoms with van der Waals surface area (Å²) in [4.78, 5) is 48.8. The van der Waals surface area contributed by atoms with E-state index >= 15 is 0 Å². The number of hydrogen-bond donors (Lipinski definition) is 19. The number of aliphatic hydroxyl groups is 16. The summed E-state index contributed by atoms with van der Waals surface area (Å²) in [5, 5.41) is 184. The second-order valence-electron chi connectivity index (χ2n) is 16.5. The topological polar surface area (TPSA) is 510 Å². The lowest BCUT2D eigenvalue weighted by Gasteiger charge is -2.51. The predicted octanol–water partition coefficient (Wildman–Crippen LogP) is -12.6. The Labute approximate surface area is 384 Å². The van der Waals surface area contributed by atoms with E-state index in [2.05, 4.69) is 10.6 Å². The number of ether oxygens (including phenoxy) is 8. The van der Waals surface area contributed by atoms with Crippen LogP contribution in [0.2, 0.25) is 0 Å². The van der Waals surface area contributed by atoms with Crippen molar-refractivity contribution in [1.82, 2.24) is 10.6 Å². The molecule has 31 heteroatoms. The third kappa shape index (κ3) is 12.8. The van der Waals surface area contributed by atoms with Gasteiger partial charge in [0.2, 0.25) is 11.8 Å². The molecule has 25 atom stereocenters. The molecule has 4 fully saturated rings. The molecular weight excluding hydrogens is 936 g/mol. The highest BCUT2D eigenvalue weighted by atomic mass is 16.8. The normalized spacial score (nSPS) is 41.6. The van der Waals surface area contributed by atoms with E-state index in [4.69, 9.17) is 37.9 Å². The van der Waals surface area contributed by atoms with E-state index < -0.39 is 210 Å². The van der Waals surface area contributed by atoms with Gasteiger partial charge in [0, 0.05) is 20.3 Å². The third-order valence-electron chi connectivity index (χ3n) is 11.6. The van der Waals surface area contributed by atoms with Crippen LogP contribution in [0.25, 0.3) is 0 Å². The molecule has 0 saturated carbocycles. The molecule has 394 valence electrons. The Morgan fingerprint density at radius 2 is 1.13 bits per heavy atom. The molecule has 0 aromatic carbocycles. The van der Waals surface area contributed by atoms with Gasteiger partial charge in [0.25, 0.3) is 5.79 Å². The minimum absolute atomic E-state index is 0.150. The van der Waals surface area contributed by atoms with Gasteiger partial charge in [-0.3, -0.25) is 9.59 Å². The largest absolute Gasteiger partial charge is 0.477 e. The van der Waals surface area contributed by atoms with Gasteiger partial charge in [0.15, 0.2) is 25.2 Å². The average Bonchev–Trinajstić information content (AvgIpc) is 3.30. The highest BCUT2D eigenvalue weighted by molar-refractivity contribution is 5.76. The summed E-state index contributed by atoms with van der Waals surface area (Å²) in [6.45, 7) is -3.65. The Bertz CT molecular complexity index is 1640. The van der Waals surface area contributed by atoms with Gasteiger partial charge in [-0.15, -0.1) is 0 Å². The lowest BCUT2D eigenvalue weighted by Crippen LogP contribution is -2.71. The van der Waals surface area contributed by atoms with Gasteiger partial charge < -0.3 is 140 Å². The summed E-state index contributed by atoms with van der Waals surface area (Å²) in [5.74, 6) is -7.05. The predicted molar refractivity (Wildman–Crippen MR) is 208 cm³/mol. The molecule has 4 heterocycles. The molecule has 0 spiro atoms. The van der Waals surface area contributed by atoms with E-state index in [0.717, 1.165) is 13.8 Å². The van der Waals surface area contributed by atoms with Crippen molar-refractivity contribution in [2.45, 2.75) is 173 Å². The number of carboxylic acids is 1. The van der Waals surface area contributed by atoms with E-state index in [1.54, 1.807) is 0 Å². The molecule has 4 aliphatic rings. The molecule has 1 unspecified atom stereocenters. The number of carboxylic acid groups (broad SMARTS) is 1. The summed E-state index contributed by atoms with van der Waals surface area (Å²) < 4.78 is 45.1. The lowest BCUT2D eigenvalue weighted by molar-refractivity contribution is -0.387. The maximum atomic E-state index is 13.0. The Morgan fingerprint density at radius 1 is 0.662 bits per heavy atom. The molecule has 0 radical (unpaired) electrons. The first-order chi connectivity index (χ1) is 31.9. The molecule has 68 heavy (non-hydrogen) atoms. The second kappa shape index (κ2) is 25.0. The molecule has 2 amide bonds. The molecule has 4 aliphatic heterocycles. The first kappa shape index (κ1) is 57.7. The van der Waals surface area contributed by atoms with Crippen molar-refractivity contribution in [2.24, 2.45) is 0 Å². The molecule has 4 rings (SSSR count). The number of nitrogens with one attached hydrogen (secondary N) is 2. The Balaban J connectivity index is 1.70. The standard InChI is InChI=1S/C37H62N2O29/c1-10(46)38-19-12(48)3-37(36(59)60,67-30(19)22(53)14(50)5-41)68-32-25(56)18(9-45)63-35(27(32)58)65-29-20(39-11(2)47)33(61-16(7-43)23(29)54)66-31-24(55)17(8-44)62-34(26(31)57)64-28(15(51)6-42)21(52)13(49)4-40/h4,12-35,41-45,48-58H,3,5-9H2,1-2H3,(H,38,46)(H,39,47)(H,59,60)/t12-,13-,14+,15+,16+,17+,18+,19+,20+,21+,22+,23+,24-,25-,26+,27+,28+,29+,30?,31-,32-,33-,34-,35-,37-/m0/s1. The fraction of sp³-hybridized carbons (Fsp3) is 0.892. The molecule has 19 N–H and O–H groups in total. The third-order valence-corrected chi connectivity index (χ3v) is 11.6. The van der Waals surface area contributed by atoms with Gasteiger partial charge in [0.1, 0.15) is 116 Å². The van der Waals surface area contributed by atoms with E-state index in [-0.39, 0.29) is 6.29 Å². The van der Waals surface area contributed by atoms with Crippen LogP contribution in [0.4, 0.5) is 0 Å². The summed E-state index contributed by atoms with van der Waals surface area (Å²) in [6, 6.07) is -3.56. The van der Waals surface area contributed by atoms with Crippen molar-refractivity contribution >= 4 is 24.1 Å². The molecule has 0 aromatic rings. The van der Waals surface area contributed by atoms with Crippen LogP contribution in [0.15, 0.2) is 0 Å². The zero-order valence-corrected chi connectivity index (χ0v) is 36.2. The highest BCUT2D eigenvalue weighted by Crippen LogP contribution is 2.39. The first-order valence-corrected chi connectivity index (χ1v) is 21.0. The van der Waals surface area contributed by atoms with Crippen LogP contribution in [0, 0.1) is 0 Å². The monoisotopic (exact) mass is 998 g/mol. The van der Waals surface area contributed by atoms with Gasteiger partial charge in [-0.2, -0.15) is 0 Å². The van der Waals surface area contributed by atoms with Crippen LogP contribution < -0.4 is 10.6 Å². The molecule has 0 aliphatic carbocycles. The van der Waals surface area contributed by atoms with E-state index in [1.807, 2.05) is 0 Å². The van der Waals surface area contributed by atoms with Gasteiger partial charge in [-0.1, -0.05) is 0 Å². The summed E-state index contributed by atoms with van der Waals surface area (Å²) in [5.41, 5.74) is 0. The van der Waals surface area contributed by atoms with E-state index in [1.165, 1.54) is 0 Å². The zero-order valence-electron chi connectivity index (χ0n) is 36.2. The fourth-order valence-corrected chi connectivity index (χ4v) is 8.08. The minimum atomic E-state index is -3.20. The Kier molecular flexibility index (Phi) is 21.2. The molecule has 31 nitrogen and oxygen atoms in total. The first-order valence-electron chi connectivity index (χ1n) is 21.0. The zero-order chi connectivity index (χ0) is 51.1. The van der Waals surface area contributed by atoms with Gasteiger partial charge in [-0.25, -0.2) is 4.79 Å². The Morgan fingerprint density at radius 3 is 1.63 bits per heavy atom. The number of rotatable bonds is 22. The van der Waals surface area contributed by atoms with E-state index in [0.29, 0.717) is 0 Å². The number of aldehydes is 1. The minimum Gasteiger partial charge on any atom is -0.477 e. The van der Waals surface area contributed by atoms with Crippen LogP contribution in [-0.4, -0.2) is 297 Å². The number of carbonyl (C=O) groups excluding carboxylic acids is 3. The number of hydrogen-bond acceptors (Lipinski definition) is 28. The maximum absolute atomic E-state index is 13.0. The SMILES string of the molecule is CC(=O)N[C@H]1[C@H](O[C@H]2[C@@H](O)[C@@H](CO)O[C@@H](O[C@@H]([C@H](O)[C@@H](O)C=O)[C@H](O)CO)[C@@H]2O)O[C@H](CO)[C@@H](O)[C@@H]1O[C@@H]1O[C@H](CO)[C@H](O)[C@H](O[C@]2(C(=O)O)C[C@H](O)[C@@H](NC(C)=O)C([C@H](O)[C@H](O)CO)O2)[C@H]1O.